The molecule has 27 heavy (non-hydrogen) atoms. The van der Waals surface area contributed by atoms with Gasteiger partial charge in [0.2, 0.25) is 5.91 Å². The van der Waals surface area contributed by atoms with E-state index >= 15 is 0 Å². The number of carbonyl (C=O) groups excluding carboxylic acids is 2. The van der Waals surface area contributed by atoms with E-state index < -0.39 is 11.4 Å². The van der Waals surface area contributed by atoms with Crippen molar-refractivity contribution in [2.45, 2.75) is 19.8 Å². The van der Waals surface area contributed by atoms with Crippen LogP contribution in [0.5, 0.6) is 0 Å². The number of anilines is 1. The molecule has 2 heterocycles. The lowest BCUT2D eigenvalue weighted by atomic mass is 9.90. The van der Waals surface area contributed by atoms with E-state index in [1.54, 1.807) is 19.1 Å². The third-order valence-electron chi connectivity index (χ3n) is 5.20. The molecule has 0 bridgehead atoms. The molecule has 8 heteroatoms. The summed E-state index contributed by atoms with van der Waals surface area (Å²) in [7, 11) is 0. The molecule has 146 valence electrons. The molecule has 2 fully saturated rings. The topological polar surface area (TPSA) is 90.0 Å². The van der Waals surface area contributed by atoms with Crippen molar-refractivity contribution >= 4 is 35.4 Å². The van der Waals surface area contributed by atoms with Crippen molar-refractivity contribution in [3.8, 4) is 0 Å². The van der Waals surface area contributed by atoms with Gasteiger partial charge in [-0.3, -0.25) is 9.59 Å². The highest BCUT2D eigenvalue weighted by Gasteiger charge is 2.42. The first-order valence-electron chi connectivity index (χ1n) is 9.11. The predicted octanol–water partition coefficient (Wildman–Crippen LogP) is 2.13. The van der Waals surface area contributed by atoms with E-state index in [4.69, 9.17) is 0 Å². The molecule has 0 spiro atoms. The van der Waals surface area contributed by atoms with Crippen molar-refractivity contribution in [2.24, 2.45) is 5.41 Å². The van der Waals surface area contributed by atoms with Crippen molar-refractivity contribution in [3.05, 3.63) is 29.8 Å². The Balaban J connectivity index is 1.52. The number of carboxylic acids is 1. The summed E-state index contributed by atoms with van der Waals surface area (Å²) >= 11 is 1.87. The quantitative estimate of drug-likeness (QED) is 0.821. The number of amides is 3. The van der Waals surface area contributed by atoms with Crippen LogP contribution in [-0.2, 0) is 16.0 Å². The van der Waals surface area contributed by atoms with Gasteiger partial charge in [0, 0.05) is 43.4 Å². The number of rotatable bonds is 4. The molecular weight excluding hydrogens is 366 g/mol. The minimum Gasteiger partial charge on any atom is -0.481 e. The SMILES string of the molecule is CC1(C(=O)O)CCN(C(=O)Nc2ccc(CC(=O)N3CCSCC3)cc2)C1. The number of nitrogens with zero attached hydrogens (tertiary/aromatic N) is 2. The summed E-state index contributed by atoms with van der Waals surface area (Å²) in [6.45, 7) is 3.91. The van der Waals surface area contributed by atoms with Crippen LogP contribution in [0.1, 0.15) is 18.9 Å². The standard InChI is InChI=1S/C19H25N3O4S/c1-19(17(24)25)6-7-22(13-19)18(26)20-15-4-2-14(3-5-15)12-16(23)21-8-10-27-11-9-21/h2-5H,6-13H2,1H3,(H,20,26)(H,24,25). The third-order valence-corrected chi connectivity index (χ3v) is 6.14. The highest BCUT2D eigenvalue weighted by molar-refractivity contribution is 7.99. The number of urea groups is 1. The summed E-state index contributed by atoms with van der Waals surface area (Å²) in [6, 6.07) is 6.95. The maximum atomic E-state index is 12.4. The van der Waals surface area contributed by atoms with Gasteiger partial charge in [0.05, 0.1) is 11.8 Å². The first-order valence-corrected chi connectivity index (χ1v) is 10.3. The molecule has 2 aliphatic rings. The Kier molecular flexibility index (Phi) is 5.94. The van der Waals surface area contributed by atoms with Gasteiger partial charge in [-0.25, -0.2) is 4.79 Å². The molecule has 1 aromatic carbocycles. The van der Waals surface area contributed by atoms with Crippen molar-refractivity contribution in [3.63, 3.8) is 0 Å². The molecule has 0 radical (unpaired) electrons. The number of benzene rings is 1. The third kappa shape index (κ3) is 4.74. The van der Waals surface area contributed by atoms with Crippen LogP contribution in [0.3, 0.4) is 0 Å². The van der Waals surface area contributed by atoms with Gasteiger partial charge >= 0.3 is 12.0 Å². The summed E-state index contributed by atoms with van der Waals surface area (Å²) in [5.41, 5.74) is 0.666. The predicted molar refractivity (Wildman–Crippen MR) is 105 cm³/mol. The second kappa shape index (κ2) is 8.21. The van der Waals surface area contributed by atoms with Crippen LogP contribution >= 0.6 is 11.8 Å². The Hall–Kier alpha value is -2.22. The molecule has 1 unspecified atom stereocenters. The van der Waals surface area contributed by atoms with E-state index in [2.05, 4.69) is 5.32 Å². The Morgan fingerprint density at radius 1 is 1.11 bits per heavy atom. The molecule has 3 amide bonds. The Morgan fingerprint density at radius 2 is 1.78 bits per heavy atom. The van der Waals surface area contributed by atoms with Crippen molar-refractivity contribution in [1.29, 1.82) is 0 Å². The van der Waals surface area contributed by atoms with Gasteiger partial charge in [0.15, 0.2) is 0 Å². The lowest BCUT2D eigenvalue weighted by Crippen LogP contribution is -2.38. The number of carboxylic acid groups (broad SMARTS) is 1. The number of carbonyl (C=O) groups is 3. The lowest BCUT2D eigenvalue weighted by Gasteiger charge is -2.26. The number of thioether (sulfide) groups is 1. The fourth-order valence-corrected chi connectivity index (χ4v) is 4.22. The maximum absolute atomic E-state index is 12.4. The van der Waals surface area contributed by atoms with Crippen LogP contribution in [0.15, 0.2) is 24.3 Å². The number of likely N-dealkylation sites (tertiary alicyclic amines) is 1. The van der Waals surface area contributed by atoms with E-state index in [1.807, 2.05) is 28.8 Å². The van der Waals surface area contributed by atoms with Crippen LogP contribution in [0, 0.1) is 5.41 Å². The minimum absolute atomic E-state index is 0.136. The summed E-state index contributed by atoms with van der Waals surface area (Å²) in [6.07, 6.45) is 0.813. The van der Waals surface area contributed by atoms with Crippen LogP contribution < -0.4 is 5.32 Å². The maximum Gasteiger partial charge on any atom is 0.321 e. The van der Waals surface area contributed by atoms with Gasteiger partial charge in [-0.2, -0.15) is 11.8 Å². The fraction of sp³-hybridized carbons (Fsp3) is 0.526. The average Bonchev–Trinajstić information content (AvgIpc) is 3.08. The van der Waals surface area contributed by atoms with E-state index in [-0.39, 0.29) is 18.5 Å². The molecule has 1 aromatic rings. The molecule has 0 saturated carbocycles. The zero-order valence-corrected chi connectivity index (χ0v) is 16.3. The van der Waals surface area contributed by atoms with Gasteiger partial charge in [-0.15, -0.1) is 0 Å². The zero-order valence-electron chi connectivity index (χ0n) is 15.4. The number of nitrogens with one attached hydrogen (secondary N) is 1. The van der Waals surface area contributed by atoms with Crippen LogP contribution in [-0.4, -0.2) is 70.5 Å². The fourth-order valence-electron chi connectivity index (χ4n) is 3.32. The molecule has 0 aliphatic carbocycles. The van der Waals surface area contributed by atoms with Crippen LogP contribution in [0.2, 0.25) is 0 Å². The molecule has 7 nitrogen and oxygen atoms in total. The van der Waals surface area contributed by atoms with E-state index in [1.165, 1.54) is 4.90 Å². The summed E-state index contributed by atoms with van der Waals surface area (Å²) in [5, 5.41) is 12.1. The van der Waals surface area contributed by atoms with Crippen molar-refractivity contribution < 1.29 is 19.5 Å². The molecule has 2 N–H and O–H groups in total. The Bertz CT molecular complexity index is 718. The first-order chi connectivity index (χ1) is 12.9. The van der Waals surface area contributed by atoms with Gasteiger partial charge in [0.1, 0.15) is 0 Å². The first kappa shape index (κ1) is 19.5. The van der Waals surface area contributed by atoms with Gasteiger partial charge in [-0.05, 0) is 31.0 Å². The number of hydrogen-bond acceptors (Lipinski definition) is 4. The van der Waals surface area contributed by atoms with Crippen LogP contribution in [0.4, 0.5) is 10.5 Å². The van der Waals surface area contributed by atoms with Crippen molar-refractivity contribution in [2.75, 3.05) is 43.0 Å². The zero-order chi connectivity index (χ0) is 19.4. The highest BCUT2D eigenvalue weighted by atomic mass is 32.2. The number of aliphatic carboxylic acids is 1. The second-order valence-electron chi connectivity index (χ2n) is 7.33. The van der Waals surface area contributed by atoms with E-state index in [9.17, 15) is 19.5 Å². The molecule has 1 atom stereocenters. The van der Waals surface area contributed by atoms with Gasteiger partial charge in [0.25, 0.3) is 0 Å². The molecule has 0 aromatic heterocycles. The molecule has 2 saturated heterocycles. The molecule has 3 rings (SSSR count). The average molecular weight is 391 g/mol. The molecular formula is C19H25N3O4S. The normalized spacial score (nSPS) is 22.6. The lowest BCUT2D eigenvalue weighted by molar-refractivity contribution is -0.147. The minimum atomic E-state index is -0.880. The van der Waals surface area contributed by atoms with Crippen molar-refractivity contribution in [1.82, 2.24) is 9.80 Å². The summed E-state index contributed by atoms with van der Waals surface area (Å²) in [5.74, 6) is 1.25. The Labute approximate surface area is 163 Å². The second-order valence-corrected chi connectivity index (χ2v) is 8.56. The summed E-state index contributed by atoms with van der Waals surface area (Å²) < 4.78 is 0. The van der Waals surface area contributed by atoms with Gasteiger partial charge < -0.3 is 20.2 Å². The Morgan fingerprint density at radius 3 is 2.37 bits per heavy atom. The van der Waals surface area contributed by atoms with E-state index in [0.29, 0.717) is 25.1 Å². The van der Waals surface area contributed by atoms with E-state index in [0.717, 1.165) is 30.2 Å². The molecule has 2 aliphatic heterocycles. The largest absolute Gasteiger partial charge is 0.481 e. The highest BCUT2D eigenvalue weighted by Crippen LogP contribution is 2.30. The van der Waals surface area contributed by atoms with Gasteiger partial charge in [-0.1, -0.05) is 12.1 Å². The van der Waals surface area contributed by atoms with Crippen LogP contribution in [0.25, 0.3) is 0 Å². The summed E-state index contributed by atoms with van der Waals surface area (Å²) in [4.78, 5) is 39.4. The smallest absolute Gasteiger partial charge is 0.321 e. The number of hydrogen-bond donors (Lipinski definition) is 2. The monoisotopic (exact) mass is 391 g/mol.